The van der Waals surface area contributed by atoms with Crippen LogP contribution in [0.2, 0.25) is 0 Å². The van der Waals surface area contributed by atoms with Crippen molar-refractivity contribution in [2.75, 3.05) is 11.9 Å². The second-order valence-corrected chi connectivity index (χ2v) is 7.51. The molecule has 3 aromatic rings. The third kappa shape index (κ3) is 3.98. The quantitative estimate of drug-likeness (QED) is 0.646. The van der Waals surface area contributed by atoms with Crippen molar-refractivity contribution in [1.82, 2.24) is 9.88 Å². The molecule has 0 bridgehead atoms. The van der Waals surface area contributed by atoms with Crippen molar-refractivity contribution >= 4 is 23.1 Å². The van der Waals surface area contributed by atoms with Gasteiger partial charge in [0.2, 0.25) is 5.91 Å². The summed E-state index contributed by atoms with van der Waals surface area (Å²) in [6.45, 7) is 5.74. The molecule has 1 unspecified atom stereocenters. The minimum atomic E-state index is -0.384. The van der Waals surface area contributed by atoms with Gasteiger partial charge in [0.15, 0.2) is 0 Å². The van der Waals surface area contributed by atoms with Crippen molar-refractivity contribution in [3.8, 4) is 11.8 Å². The van der Waals surface area contributed by atoms with E-state index >= 15 is 0 Å². The molecule has 144 valence electrons. The lowest BCUT2D eigenvalue weighted by molar-refractivity contribution is -0.115. The smallest absolute Gasteiger partial charge is 0.239 e. The Bertz CT molecular complexity index is 1030. The normalized spacial score (nSPS) is 11.8. The molecule has 0 saturated carbocycles. The predicted molar refractivity (Wildman–Crippen MR) is 109 cm³/mol. The number of nitriles is 1. The van der Waals surface area contributed by atoms with Gasteiger partial charge in [0.25, 0.3) is 0 Å². The van der Waals surface area contributed by atoms with Gasteiger partial charge in [-0.1, -0.05) is 12.1 Å². The van der Waals surface area contributed by atoms with Gasteiger partial charge in [0.1, 0.15) is 17.7 Å². The number of carbonyl (C=O) groups excluding carboxylic acids is 1. The first-order valence-corrected chi connectivity index (χ1v) is 9.75. The highest BCUT2D eigenvalue weighted by molar-refractivity contribution is 7.10. The van der Waals surface area contributed by atoms with E-state index in [4.69, 9.17) is 0 Å². The molecule has 0 aliphatic carbocycles. The molecule has 1 aromatic carbocycles. The Morgan fingerprint density at radius 2 is 2.11 bits per heavy atom. The summed E-state index contributed by atoms with van der Waals surface area (Å²) in [4.78, 5) is 13.7. The average Bonchev–Trinajstić information content (AvgIpc) is 3.28. The summed E-state index contributed by atoms with van der Waals surface area (Å²) < 4.78 is 15.4. The lowest BCUT2D eigenvalue weighted by atomic mass is 10.2. The summed E-state index contributed by atoms with van der Waals surface area (Å²) in [7, 11) is 0. The maximum Gasteiger partial charge on any atom is 0.239 e. The van der Waals surface area contributed by atoms with E-state index < -0.39 is 0 Å². The number of thiophene rings is 1. The fourth-order valence-electron chi connectivity index (χ4n) is 3.06. The highest BCUT2D eigenvalue weighted by atomic mass is 32.1. The number of rotatable bonds is 6. The predicted octanol–water partition coefficient (Wildman–Crippen LogP) is 4.46. The van der Waals surface area contributed by atoms with Gasteiger partial charge < -0.3 is 10.6 Å². The summed E-state index contributed by atoms with van der Waals surface area (Å²) in [6, 6.07) is 12.2. The Labute approximate surface area is 167 Å². The zero-order valence-corrected chi connectivity index (χ0v) is 16.7. The summed E-state index contributed by atoms with van der Waals surface area (Å²) in [5.41, 5.74) is 2.46. The second kappa shape index (κ2) is 8.38. The minimum Gasteiger partial charge on any atom is -0.310 e. The number of amides is 1. The van der Waals surface area contributed by atoms with E-state index in [2.05, 4.69) is 16.7 Å². The number of aromatic nitrogens is 1. The van der Waals surface area contributed by atoms with Gasteiger partial charge in [-0.3, -0.25) is 9.36 Å². The third-order valence-electron chi connectivity index (χ3n) is 4.69. The Morgan fingerprint density at radius 3 is 2.75 bits per heavy atom. The largest absolute Gasteiger partial charge is 0.310 e. The van der Waals surface area contributed by atoms with Crippen molar-refractivity contribution in [2.45, 2.75) is 26.8 Å². The van der Waals surface area contributed by atoms with Crippen molar-refractivity contribution in [2.24, 2.45) is 0 Å². The first-order valence-electron chi connectivity index (χ1n) is 8.87. The Balaban J connectivity index is 1.85. The topological polar surface area (TPSA) is 69.8 Å². The fourth-order valence-corrected chi connectivity index (χ4v) is 3.82. The second-order valence-electron chi connectivity index (χ2n) is 6.53. The Kier molecular flexibility index (Phi) is 5.93. The average molecular weight is 396 g/mol. The molecule has 7 heteroatoms. The van der Waals surface area contributed by atoms with Gasteiger partial charge in [-0.2, -0.15) is 5.26 Å². The number of benzene rings is 1. The molecule has 0 saturated heterocycles. The highest BCUT2D eigenvalue weighted by Gasteiger charge is 2.21. The van der Waals surface area contributed by atoms with E-state index in [0.29, 0.717) is 17.1 Å². The molecule has 3 rings (SSSR count). The molecule has 0 aliphatic heterocycles. The molecular weight excluding hydrogens is 375 g/mol. The Morgan fingerprint density at radius 1 is 1.32 bits per heavy atom. The van der Waals surface area contributed by atoms with Gasteiger partial charge in [-0.15, -0.1) is 11.3 Å². The van der Waals surface area contributed by atoms with Crippen LogP contribution in [-0.2, 0) is 4.79 Å². The van der Waals surface area contributed by atoms with Gasteiger partial charge in [-0.05, 0) is 56.0 Å². The monoisotopic (exact) mass is 396 g/mol. The van der Waals surface area contributed by atoms with Crippen LogP contribution in [0.25, 0.3) is 5.69 Å². The zero-order valence-electron chi connectivity index (χ0n) is 15.9. The summed E-state index contributed by atoms with van der Waals surface area (Å²) in [5.74, 6) is -0.292. The standard InChI is InChI=1S/C21H21FN4OS/c1-13-15(3)26(17-7-4-6-16(22)10-17)21(18(13)11-23)25-20(27)12-24-14(2)19-8-5-9-28-19/h4-10,14,24H,12H2,1-3H3,(H,25,27). The van der Waals surface area contributed by atoms with E-state index in [1.54, 1.807) is 28.0 Å². The van der Waals surface area contributed by atoms with Gasteiger partial charge in [0, 0.05) is 16.6 Å². The van der Waals surface area contributed by atoms with Crippen molar-refractivity contribution in [3.63, 3.8) is 0 Å². The van der Waals surface area contributed by atoms with Gasteiger partial charge >= 0.3 is 0 Å². The summed E-state index contributed by atoms with van der Waals surface area (Å²) >= 11 is 1.62. The Hall–Kier alpha value is -2.95. The highest BCUT2D eigenvalue weighted by Crippen LogP contribution is 2.30. The number of carbonyl (C=O) groups is 1. The van der Waals surface area contributed by atoms with Gasteiger partial charge in [0.05, 0.1) is 17.8 Å². The summed E-state index contributed by atoms with van der Waals surface area (Å²) in [6.07, 6.45) is 0. The third-order valence-corrected chi connectivity index (χ3v) is 5.74. The van der Waals surface area contributed by atoms with Crippen LogP contribution in [0.1, 0.15) is 34.7 Å². The lowest BCUT2D eigenvalue weighted by Crippen LogP contribution is -2.30. The molecule has 2 aromatic heterocycles. The number of anilines is 1. The summed E-state index contributed by atoms with van der Waals surface area (Å²) in [5, 5.41) is 17.6. The first-order chi connectivity index (χ1) is 13.4. The number of hydrogen-bond donors (Lipinski definition) is 2. The molecule has 1 atom stereocenters. The van der Waals surface area contributed by atoms with E-state index in [0.717, 1.165) is 16.1 Å². The zero-order chi connectivity index (χ0) is 20.3. The van der Waals surface area contributed by atoms with Crippen LogP contribution in [0.4, 0.5) is 10.2 Å². The van der Waals surface area contributed by atoms with Crippen LogP contribution >= 0.6 is 11.3 Å². The number of halogens is 1. The fraction of sp³-hybridized carbons (Fsp3) is 0.238. The molecular formula is C21H21FN4OS. The van der Waals surface area contributed by atoms with Crippen LogP contribution in [0.5, 0.6) is 0 Å². The number of nitrogens with one attached hydrogen (secondary N) is 2. The first kappa shape index (κ1) is 19.8. The van der Waals surface area contributed by atoms with Crippen molar-refractivity contribution in [3.05, 3.63) is 69.3 Å². The molecule has 28 heavy (non-hydrogen) atoms. The van der Waals surface area contributed by atoms with Crippen molar-refractivity contribution in [1.29, 1.82) is 5.26 Å². The SMILES string of the molecule is Cc1c(C#N)c(NC(=O)CNC(C)c2cccs2)n(-c2cccc(F)c2)c1C. The molecule has 0 spiro atoms. The van der Waals surface area contributed by atoms with E-state index in [1.165, 1.54) is 12.1 Å². The molecule has 2 heterocycles. The molecule has 0 radical (unpaired) electrons. The van der Waals surface area contributed by atoms with Crippen LogP contribution in [-0.4, -0.2) is 17.0 Å². The maximum absolute atomic E-state index is 13.7. The molecule has 2 N–H and O–H groups in total. The minimum absolute atomic E-state index is 0.0414. The van der Waals surface area contributed by atoms with Crippen LogP contribution in [0.15, 0.2) is 41.8 Å². The molecule has 1 amide bonds. The molecule has 5 nitrogen and oxygen atoms in total. The lowest BCUT2D eigenvalue weighted by Gasteiger charge is -2.15. The molecule has 0 aliphatic rings. The van der Waals surface area contributed by atoms with Gasteiger partial charge in [-0.25, -0.2) is 4.39 Å². The molecule has 0 fully saturated rings. The van der Waals surface area contributed by atoms with E-state index in [1.807, 2.05) is 38.3 Å². The van der Waals surface area contributed by atoms with E-state index in [9.17, 15) is 14.4 Å². The number of hydrogen-bond acceptors (Lipinski definition) is 4. The van der Waals surface area contributed by atoms with Crippen molar-refractivity contribution < 1.29 is 9.18 Å². The van der Waals surface area contributed by atoms with Crippen LogP contribution in [0, 0.1) is 31.0 Å². The van der Waals surface area contributed by atoms with Crippen LogP contribution < -0.4 is 10.6 Å². The maximum atomic E-state index is 13.7. The van der Waals surface area contributed by atoms with E-state index in [-0.39, 0.29) is 24.3 Å². The number of nitrogens with zero attached hydrogens (tertiary/aromatic N) is 2. The van der Waals surface area contributed by atoms with Crippen LogP contribution in [0.3, 0.4) is 0 Å².